The number of aryl methyl sites for hydroxylation is 12. The highest BCUT2D eigenvalue weighted by molar-refractivity contribution is 5.35. The highest BCUT2D eigenvalue weighted by Gasteiger charge is 2.64. The number of hydrogen-bond donors (Lipinski definition) is 0. The fraction of sp³-hybridized carbons (Fsp3) is 0.388. The van der Waals surface area contributed by atoms with Crippen molar-refractivity contribution in [3.63, 3.8) is 0 Å². The Balaban J connectivity index is 0. The van der Waals surface area contributed by atoms with E-state index in [1.54, 1.807) is 0 Å². The summed E-state index contributed by atoms with van der Waals surface area (Å²) in [7, 11) is 0. The molecule has 304 valence electrons. The third-order valence-electron chi connectivity index (χ3n) is 9.23. The zero-order valence-electron chi connectivity index (χ0n) is 36.2. The largest absolute Gasteiger partial charge is 0.402 e. The molecule has 0 N–H and O–H groups in total. The van der Waals surface area contributed by atoms with E-state index in [0.29, 0.717) is 0 Å². The second-order valence-electron chi connectivity index (χ2n) is 14.0. The SMILES string of the molecule is CC.CC(C)(C(F)(F)F)C(F)(F)F.Cc1cc(C)c(C)cc1C.Cc1ccccc1C.Cc1ccccc1C.Cc1ccccc1C.Cc1ccccc1C. The molecule has 0 saturated heterocycles. The quantitative estimate of drug-likeness (QED) is 0.138. The lowest BCUT2D eigenvalue weighted by Gasteiger charge is -2.29. The number of hydrogen-bond acceptors (Lipinski definition) is 0. The van der Waals surface area contributed by atoms with Crippen molar-refractivity contribution in [2.45, 2.75) is 123 Å². The normalized spacial score (nSPS) is 10.4. The molecule has 0 amide bonds. The first-order chi connectivity index (χ1) is 25.3. The summed E-state index contributed by atoms with van der Waals surface area (Å²) in [5.74, 6) is 0. The number of rotatable bonds is 0. The number of benzene rings is 5. The van der Waals surface area contributed by atoms with Crippen molar-refractivity contribution < 1.29 is 26.3 Å². The van der Waals surface area contributed by atoms with Crippen molar-refractivity contribution in [3.8, 4) is 0 Å². The molecule has 0 atom stereocenters. The minimum absolute atomic E-state index is 0.104. The maximum atomic E-state index is 11.6. The van der Waals surface area contributed by atoms with Gasteiger partial charge in [-0.3, -0.25) is 0 Å². The van der Waals surface area contributed by atoms with Gasteiger partial charge in [-0.15, -0.1) is 0 Å². The summed E-state index contributed by atoms with van der Waals surface area (Å²) in [6, 6.07) is 37.9. The van der Waals surface area contributed by atoms with E-state index < -0.39 is 17.8 Å². The Morgan fingerprint density at radius 3 is 0.473 bits per heavy atom. The minimum atomic E-state index is -5.24. The summed E-state index contributed by atoms with van der Waals surface area (Å²) in [6.45, 7) is 29.8. The lowest BCUT2D eigenvalue weighted by Crippen LogP contribution is -2.44. The van der Waals surface area contributed by atoms with Crippen molar-refractivity contribution in [1.29, 1.82) is 0 Å². The fourth-order valence-corrected chi connectivity index (χ4v) is 3.92. The first-order valence-corrected chi connectivity index (χ1v) is 18.6. The molecule has 0 aliphatic rings. The van der Waals surface area contributed by atoms with Crippen LogP contribution in [0, 0.1) is 88.5 Å². The van der Waals surface area contributed by atoms with Crippen molar-refractivity contribution in [2.75, 3.05) is 0 Å². The molecular weight excluding hydrogens is 703 g/mol. The topological polar surface area (TPSA) is 0 Å². The first kappa shape index (κ1) is 52.8. The average molecular weight is 769 g/mol. The third kappa shape index (κ3) is 20.8. The second kappa shape index (κ2) is 25.7. The van der Waals surface area contributed by atoms with E-state index in [9.17, 15) is 26.3 Å². The van der Waals surface area contributed by atoms with E-state index in [4.69, 9.17) is 0 Å². The van der Waals surface area contributed by atoms with Crippen LogP contribution < -0.4 is 0 Å². The molecule has 6 heteroatoms. The predicted molar refractivity (Wildman–Crippen MR) is 226 cm³/mol. The Labute approximate surface area is 330 Å². The minimum Gasteiger partial charge on any atom is -0.170 e. The Bertz CT molecular complexity index is 1470. The smallest absolute Gasteiger partial charge is 0.170 e. The molecule has 0 nitrogen and oxygen atoms in total. The van der Waals surface area contributed by atoms with Crippen LogP contribution >= 0.6 is 0 Å². The molecule has 0 radical (unpaired) electrons. The van der Waals surface area contributed by atoms with Gasteiger partial charge >= 0.3 is 12.4 Å². The monoisotopic (exact) mass is 769 g/mol. The molecule has 5 aromatic carbocycles. The van der Waals surface area contributed by atoms with Crippen LogP contribution in [-0.2, 0) is 0 Å². The summed E-state index contributed by atoms with van der Waals surface area (Å²) >= 11 is 0. The Hall–Kier alpha value is -4.32. The maximum Gasteiger partial charge on any atom is 0.402 e. The Kier molecular flexibility index (Phi) is 24.7. The van der Waals surface area contributed by atoms with Gasteiger partial charge in [0.2, 0.25) is 0 Å². The van der Waals surface area contributed by atoms with Crippen molar-refractivity contribution in [3.05, 3.63) is 176 Å². The average Bonchev–Trinajstić information content (AvgIpc) is 3.11. The van der Waals surface area contributed by atoms with E-state index in [-0.39, 0.29) is 13.8 Å². The van der Waals surface area contributed by atoms with Gasteiger partial charge in [0.1, 0.15) is 0 Å². The molecule has 0 heterocycles. The molecule has 0 saturated carbocycles. The van der Waals surface area contributed by atoms with E-state index in [1.165, 1.54) is 66.8 Å². The van der Waals surface area contributed by atoms with Crippen LogP contribution in [0.3, 0.4) is 0 Å². The van der Waals surface area contributed by atoms with E-state index in [1.807, 2.05) is 13.8 Å². The van der Waals surface area contributed by atoms with Gasteiger partial charge in [-0.1, -0.05) is 123 Å². The maximum absolute atomic E-state index is 11.6. The lowest BCUT2D eigenvalue weighted by molar-refractivity contribution is -0.327. The summed E-state index contributed by atoms with van der Waals surface area (Å²) in [6.07, 6.45) is -10.5. The van der Waals surface area contributed by atoms with Crippen LogP contribution in [-0.4, -0.2) is 12.4 Å². The van der Waals surface area contributed by atoms with Gasteiger partial charge in [-0.2, -0.15) is 26.3 Å². The summed E-state index contributed by atoms with van der Waals surface area (Å²) < 4.78 is 69.7. The Morgan fingerprint density at radius 2 is 0.400 bits per heavy atom. The van der Waals surface area contributed by atoms with Crippen LogP contribution in [0.4, 0.5) is 26.3 Å². The van der Waals surface area contributed by atoms with Crippen LogP contribution in [0.25, 0.3) is 0 Å². The van der Waals surface area contributed by atoms with Gasteiger partial charge in [-0.25, -0.2) is 0 Å². The molecule has 5 rings (SSSR count). The molecule has 0 fully saturated rings. The van der Waals surface area contributed by atoms with Crippen molar-refractivity contribution >= 4 is 0 Å². The zero-order valence-corrected chi connectivity index (χ0v) is 36.2. The van der Waals surface area contributed by atoms with Crippen molar-refractivity contribution in [2.24, 2.45) is 5.41 Å². The fourth-order valence-electron chi connectivity index (χ4n) is 3.92. The standard InChI is InChI=1S/C10H14.4C8H10.C5H6F6.C2H6/c1-7-5-9(3)10(4)6-8(7)2;4*1-7-5-3-4-6-8(7)2;1-3(2,4(6,7)8)5(9,10)11;1-2/h5-6H,1-4H3;4*3-6H,1-2H3;1-2H3;1-2H3. The molecule has 0 bridgehead atoms. The van der Waals surface area contributed by atoms with Crippen LogP contribution in [0.2, 0.25) is 0 Å². The van der Waals surface area contributed by atoms with Crippen LogP contribution in [0.15, 0.2) is 109 Å². The summed E-state index contributed by atoms with van der Waals surface area (Å²) in [5, 5.41) is 0. The molecule has 0 spiro atoms. The van der Waals surface area contributed by atoms with Gasteiger partial charge in [0.25, 0.3) is 0 Å². The number of halogens is 6. The number of alkyl halides is 6. The van der Waals surface area contributed by atoms with E-state index >= 15 is 0 Å². The molecular formula is C49H66F6. The molecule has 0 aliphatic carbocycles. The predicted octanol–water partition coefficient (Wildman–Crippen LogP) is 16.3. The molecule has 5 aromatic rings. The van der Waals surface area contributed by atoms with Gasteiger partial charge in [0.15, 0.2) is 5.41 Å². The Morgan fingerprint density at radius 1 is 0.273 bits per heavy atom. The van der Waals surface area contributed by atoms with Gasteiger partial charge < -0.3 is 0 Å². The van der Waals surface area contributed by atoms with Crippen LogP contribution in [0.1, 0.15) is 94.5 Å². The van der Waals surface area contributed by atoms with Gasteiger partial charge in [0.05, 0.1) is 0 Å². The first-order valence-electron chi connectivity index (χ1n) is 18.6. The second-order valence-corrected chi connectivity index (χ2v) is 14.0. The molecule has 0 aromatic heterocycles. The summed E-state index contributed by atoms with van der Waals surface area (Å²) in [4.78, 5) is 0. The summed E-state index contributed by atoms with van der Waals surface area (Å²) in [5.41, 5.74) is 12.9. The highest BCUT2D eigenvalue weighted by Crippen LogP contribution is 2.49. The van der Waals surface area contributed by atoms with E-state index in [0.717, 1.165) is 0 Å². The lowest BCUT2D eigenvalue weighted by atomic mass is 9.92. The molecule has 55 heavy (non-hydrogen) atoms. The van der Waals surface area contributed by atoms with Gasteiger partial charge in [0, 0.05) is 0 Å². The molecule has 0 unspecified atom stereocenters. The zero-order chi connectivity index (χ0) is 43.2. The van der Waals surface area contributed by atoms with E-state index in [2.05, 4.69) is 192 Å². The van der Waals surface area contributed by atoms with Crippen LogP contribution in [0.5, 0.6) is 0 Å². The molecule has 0 aliphatic heterocycles. The van der Waals surface area contributed by atoms with Crippen molar-refractivity contribution in [1.82, 2.24) is 0 Å². The third-order valence-corrected chi connectivity index (χ3v) is 9.23. The van der Waals surface area contributed by atoms with Gasteiger partial charge in [-0.05, 0) is 164 Å². The highest BCUT2D eigenvalue weighted by atomic mass is 19.4.